The predicted molar refractivity (Wildman–Crippen MR) is 187 cm³/mol. The maximum absolute atomic E-state index is 6.34. The Labute approximate surface area is 268 Å². The van der Waals surface area contributed by atoms with Gasteiger partial charge in [-0.05, 0) is 68.5 Å². The van der Waals surface area contributed by atoms with Gasteiger partial charge >= 0.3 is 17.1 Å². The molecule has 41 heavy (non-hydrogen) atoms. The van der Waals surface area contributed by atoms with Crippen LogP contribution in [0.2, 0.25) is 44.3 Å². The van der Waals surface area contributed by atoms with Gasteiger partial charge in [0.2, 0.25) is 0 Å². The quantitative estimate of drug-likeness (QED) is 0.154. The first kappa shape index (κ1) is 39.2. The van der Waals surface area contributed by atoms with Crippen molar-refractivity contribution >= 4 is 50.5 Å². The number of aromatic nitrogens is 1. The van der Waals surface area contributed by atoms with Crippen molar-refractivity contribution in [1.29, 1.82) is 0 Å². The summed E-state index contributed by atoms with van der Waals surface area (Å²) >= 11 is 6.34. The SMILES string of the molecule is CC(=Nc1c(C)cccc1Cl)c1cccc(C(C)=Nc2c(C)cccc2C(C)C)n1.[CH2-][Si](C)(C)C.[CH2-][Si](C)(C)C.[Fe+2]. The number of pyridine rings is 1. The Bertz CT molecular complexity index is 1280. The average Bonchev–Trinajstić information content (AvgIpc) is 2.80. The number of halogens is 1. The molecule has 7 heteroatoms. The number of rotatable bonds is 5. The number of hydrogen-bond donors (Lipinski definition) is 0. The Kier molecular flexibility index (Phi) is 16.6. The van der Waals surface area contributed by atoms with Gasteiger partial charge in [-0.25, -0.2) is 9.98 Å². The predicted octanol–water partition coefficient (Wildman–Crippen LogP) is 11.1. The summed E-state index contributed by atoms with van der Waals surface area (Å²) in [6, 6.07) is 18.1. The van der Waals surface area contributed by atoms with E-state index < -0.39 is 16.1 Å². The van der Waals surface area contributed by atoms with Gasteiger partial charge in [0.1, 0.15) is 0 Å². The van der Waals surface area contributed by atoms with Crippen LogP contribution in [0.25, 0.3) is 0 Å². The van der Waals surface area contributed by atoms with Crippen molar-refractivity contribution in [3.05, 3.63) is 101 Å². The van der Waals surface area contributed by atoms with Crippen molar-refractivity contribution < 1.29 is 17.1 Å². The number of hydrogen-bond acceptors (Lipinski definition) is 3. The van der Waals surface area contributed by atoms with Gasteiger partial charge in [0.05, 0.1) is 39.2 Å². The fourth-order valence-electron chi connectivity index (χ4n) is 3.35. The smallest absolute Gasteiger partial charge is 0.342 e. The molecule has 0 radical (unpaired) electrons. The van der Waals surface area contributed by atoms with E-state index in [-0.39, 0.29) is 17.1 Å². The monoisotopic (exact) mass is 647 g/mol. The zero-order valence-electron chi connectivity index (χ0n) is 27.3. The first-order valence-electron chi connectivity index (χ1n) is 13.9. The zero-order chi connectivity index (χ0) is 30.8. The van der Waals surface area contributed by atoms with Crippen LogP contribution in [0.3, 0.4) is 0 Å². The molecule has 3 nitrogen and oxygen atoms in total. The first-order valence-corrected chi connectivity index (χ1v) is 21.7. The summed E-state index contributed by atoms with van der Waals surface area (Å²) in [6.07, 6.45) is 0. The van der Waals surface area contributed by atoms with E-state index in [0.29, 0.717) is 10.9 Å². The maximum Gasteiger partial charge on any atom is 2.00 e. The summed E-state index contributed by atoms with van der Waals surface area (Å²) in [7, 11) is -1.72. The minimum absolute atomic E-state index is 0. The Morgan fingerprint density at radius 1 is 0.707 bits per heavy atom. The molecule has 3 rings (SSSR count). The largest absolute Gasteiger partial charge is 2.00 e. The molecule has 0 saturated heterocycles. The van der Waals surface area contributed by atoms with Crippen LogP contribution in [-0.4, -0.2) is 32.6 Å². The van der Waals surface area contributed by atoms with Crippen LogP contribution < -0.4 is 0 Å². The second kappa shape index (κ2) is 17.3. The van der Waals surface area contributed by atoms with E-state index in [9.17, 15) is 0 Å². The van der Waals surface area contributed by atoms with Crippen LogP contribution in [0.5, 0.6) is 0 Å². The fourth-order valence-corrected chi connectivity index (χ4v) is 3.62. The van der Waals surface area contributed by atoms with Crippen molar-refractivity contribution in [1.82, 2.24) is 4.98 Å². The number of nitrogens with zero attached hydrogens (tertiary/aromatic N) is 3. The zero-order valence-corrected chi connectivity index (χ0v) is 31.1. The molecule has 0 aliphatic heterocycles. The molecule has 0 amide bonds. The van der Waals surface area contributed by atoms with Crippen molar-refractivity contribution in [3.63, 3.8) is 0 Å². The van der Waals surface area contributed by atoms with Crippen molar-refractivity contribution in [2.24, 2.45) is 9.98 Å². The minimum Gasteiger partial charge on any atom is -0.342 e. The molecule has 0 fully saturated rings. The van der Waals surface area contributed by atoms with Crippen LogP contribution in [-0.2, 0) is 17.1 Å². The summed E-state index contributed by atoms with van der Waals surface area (Å²) < 4.78 is 0. The Hall–Kier alpha value is -1.83. The van der Waals surface area contributed by atoms with Crippen molar-refractivity contribution in [2.75, 3.05) is 0 Å². The molecule has 224 valence electrons. The van der Waals surface area contributed by atoms with E-state index in [1.165, 1.54) is 11.1 Å². The van der Waals surface area contributed by atoms with E-state index in [1.807, 2.05) is 57.2 Å². The van der Waals surface area contributed by atoms with Crippen molar-refractivity contribution in [2.45, 2.75) is 86.7 Å². The van der Waals surface area contributed by atoms with Gasteiger partial charge in [-0.15, -0.1) is 16.1 Å². The fraction of sp³-hybridized carbons (Fsp3) is 0.382. The Morgan fingerprint density at radius 3 is 1.49 bits per heavy atom. The number of aliphatic imine (C=N–C) groups is 2. The average molecular weight is 648 g/mol. The van der Waals surface area contributed by atoms with Crippen LogP contribution in [0, 0.1) is 26.9 Å². The molecular formula is C34H50ClFeN3Si2. The summed E-state index contributed by atoms with van der Waals surface area (Å²) in [6.45, 7) is 33.6. The number of para-hydroxylation sites is 2. The third-order valence-corrected chi connectivity index (χ3v) is 5.43. The summed E-state index contributed by atoms with van der Waals surface area (Å²) in [5.74, 6) is 0.406. The van der Waals surface area contributed by atoms with Gasteiger partial charge in [0, 0.05) is 0 Å². The topological polar surface area (TPSA) is 37.6 Å². The Balaban J connectivity index is 0.00000125. The molecule has 1 aromatic heterocycles. The van der Waals surface area contributed by atoms with Gasteiger partial charge in [-0.3, -0.25) is 4.99 Å². The Morgan fingerprint density at radius 2 is 1.07 bits per heavy atom. The molecule has 0 saturated carbocycles. The molecule has 0 aliphatic carbocycles. The molecule has 1 heterocycles. The van der Waals surface area contributed by atoms with E-state index >= 15 is 0 Å². The van der Waals surface area contributed by atoms with Gasteiger partial charge in [-0.1, -0.05) is 101 Å². The van der Waals surface area contributed by atoms with Gasteiger partial charge in [0.25, 0.3) is 0 Å². The summed E-state index contributed by atoms with van der Waals surface area (Å²) in [4.78, 5) is 14.5. The molecule has 0 spiro atoms. The van der Waals surface area contributed by atoms with E-state index in [1.54, 1.807) is 0 Å². The molecule has 0 N–H and O–H groups in total. The molecule has 0 aliphatic rings. The van der Waals surface area contributed by atoms with Gasteiger partial charge < -0.3 is 13.1 Å². The molecule has 3 aromatic rings. The molecule has 0 bridgehead atoms. The van der Waals surface area contributed by atoms with Crippen LogP contribution in [0.15, 0.2) is 64.6 Å². The number of benzene rings is 2. The summed E-state index contributed by atoms with van der Waals surface area (Å²) in [5.41, 5.74) is 8.64. The third kappa shape index (κ3) is 15.8. The van der Waals surface area contributed by atoms with Crippen LogP contribution in [0.4, 0.5) is 11.4 Å². The minimum atomic E-state index is -0.861. The molecule has 0 unspecified atom stereocenters. The molecular weight excluding hydrogens is 598 g/mol. The number of aryl methyl sites for hydroxylation is 2. The first-order chi connectivity index (χ1) is 18.3. The van der Waals surface area contributed by atoms with Crippen LogP contribution in [0.1, 0.15) is 61.7 Å². The van der Waals surface area contributed by atoms with Gasteiger partial charge in [0.15, 0.2) is 0 Å². The van der Waals surface area contributed by atoms with E-state index in [4.69, 9.17) is 26.6 Å². The second-order valence-corrected chi connectivity index (χ2v) is 23.6. The second-order valence-electron chi connectivity index (χ2n) is 13.0. The third-order valence-electron chi connectivity index (χ3n) is 5.13. The molecule has 2 aromatic carbocycles. The van der Waals surface area contributed by atoms with E-state index in [2.05, 4.69) is 91.3 Å². The van der Waals surface area contributed by atoms with Crippen molar-refractivity contribution in [3.8, 4) is 0 Å². The van der Waals surface area contributed by atoms with Crippen LogP contribution >= 0.6 is 11.6 Å². The standard InChI is InChI=1S/C26H28ClN3.2C4H11Si.Fe/c1-16(2)21-12-7-10-17(3)25(21)28-19(5)23-14-9-15-24(30-23)20(6)29-26-18(4)11-8-13-22(26)27;2*1-5(2,3)4;/h7-16H,1-6H3;2*1H2,2-4H3;/q;2*-1;+2. The molecule has 0 atom stereocenters. The van der Waals surface area contributed by atoms with Gasteiger partial charge in [-0.2, -0.15) is 0 Å². The van der Waals surface area contributed by atoms with E-state index in [0.717, 1.165) is 39.7 Å². The summed E-state index contributed by atoms with van der Waals surface area (Å²) in [5, 5.41) is 0.643. The normalized spacial score (nSPS) is 12.1. The maximum atomic E-state index is 6.34.